The van der Waals surface area contributed by atoms with Gasteiger partial charge in [0, 0.05) is 0 Å². The molecule has 0 unspecified atom stereocenters. The van der Waals surface area contributed by atoms with Crippen molar-refractivity contribution in [2.75, 3.05) is 0 Å². The van der Waals surface area contributed by atoms with Crippen LogP contribution in [-0.4, -0.2) is 0 Å². The van der Waals surface area contributed by atoms with E-state index in [2.05, 4.69) is 38.6 Å². The Bertz CT molecular complexity index is 262. The van der Waals surface area contributed by atoms with Gasteiger partial charge >= 0.3 is 0 Å². The number of rotatable bonds is 1. The van der Waals surface area contributed by atoms with Crippen molar-refractivity contribution >= 4 is 5.57 Å². The van der Waals surface area contributed by atoms with Crippen LogP contribution < -0.4 is 0 Å². The molecule has 0 atom stereocenters. The Labute approximate surface area is 68.6 Å². The van der Waals surface area contributed by atoms with Crippen LogP contribution in [0.4, 0.5) is 0 Å². The van der Waals surface area contributed by atoms with Crippen molar-refractivity contribution in [2.24, 2.45) is 0 Å². The molecule has 0 bridgehead atoms. The van der Waals surface area contributed by atoms with Crippen molar-refractivity contribution in [1.82, 2.24) is 0 Å². The van der Waals surface area contributed by atoms with Crippen LogP contribution in [0, 0.1) is 19.9 Å². The van der Waals surface area contributed by atoms with Gasteiger partial charge in [0.1, 0.15) is 0 Å². The zero-order valence-corrected chi connectivity index (χ0v) is 7.36. The topological polar surface area (TPSA) is 0 Å². The van der Waals surface area contributed by atoms with E-state index < -0.39 is 0 Å². The molecule has 0 heteroatoms. The van der Waals surface area contributed by atoms with E-state index in [0.29, 0.717) is 0 Å². The predicted molar refractivity (Wildman–Crippen MR) is 49.5 cm³/mol. The molecule has 0 aromatic heterocycles. The van der Waals surface area contributed by atoms with Gasteiger partial charge in [-0.2, -0.15) is 0 Å². The van der Waals surface area contributed by atoms with E-state index in [0.717, 1.165) is 11.1 Å². The van der Waals surface area contributed by atoms with Gasteiger partial charge in [0.25, 0.3) is 0 Å². The van der Waals surface area contributed by atoms with Crippen LogP contribution in [0.5, 0.6) is 0 Å². The molecule has 0 aliphatic heterocycles. The molecule has 0 amide bonds. The summed E-state index contributed by atoms with van der Waals surface area (Å²) in [6.45, 7) is 10.0. The molecule has 0 aliphatic rings. The van der Waals surface area contributed by atoms with Crippen LogP contribution in [-0.2, 0) is 0 Å². The first-order valence-electron chi connectivity index (χ1n) is 3.76. The average Bonchev–Trinajstić information content (AvgIpc) is 1.85. The monoisotopic (exact) mass is 145 g/mol. The van der Waals surface area contributed by atoms with Gasteiger partial charge in [-0.15, -0.1) is 0 Å². The predicted octanol–water partition coefficient (Wildman–Crippen LogP) is 3.14. The van der Waals surface area contributed by atoms with Crippen molar-refractivity contribution in [3.05, 3.63) is 41.5 Å². The lowest BCUT2D eigenvalue weighted by atomic mass is 10.0. The second kappa shape index (κ2) is 2.91. The maximum Gasteiger partial charge on any atom is -0.00707 e. The molecule has 1 aromatic rings. The normalized spacial score (nSPS) is 9.73. The molecule has 0 saturated carbocycles. The molecule has 1 rings (SSSR count). The third kappa shape index (κ3) is 1.94. The van der Waals surface area contributed by atoms with Crippen molar-refractivity contribution in [2.45, 2.75) is 20.8 Å². The lowest BCUT2D eigenvalue weighted by Gasteiger charge is -2.02. The van der Waals surface area contributed by atoms with Gasteiger partial charge in [-0.1, -0.05) is 29.8 Å². The van der Waals surface area contributed by atoms with Crippen LogP contribution in [0.3, 0.4) is 0 Å². The molecule has 0 saturated heterocycles. The van der Waals surface area contributed by atoms with E-state index in [9.17, 15) is 0 Å². The lowest BCUT2D eigenvalue weighted by molar-refractivity contribution is 1.35. The van der Waals surface area contributed by atoms with E-state index >= 15 is 0 Å². The van der Waals surface area contributed by atoms with E-state index in [1.807, 2.05) is 6.92 Å². The highest BCUT2D eigenvalue weighted by molar-refractivity contribution is 5.61. The fourth-order valence-electron chi connectivity index (χ4n) is 1.13. The number of aryl methyl sites for hydroxylation is 2. The molecular formula is C11H13. The van der Waals surface area contributed by atoms with E-state index in [1.165, 1.54) is 11.1 Å². The molecule has 1 radical (unpaired) electrons. The van der Waals surface area contributed by atoms with Crippen molar-refractivity contribution in [3.63, 3.8) is 0 Å². The first-order chi connectivity index (χ1) is 5.09. The smallest absolute Gasteiger partial charge is 0.00707 e. The Morgan fingerprint density at radius 3 is 2.45 bits per heavy atom. The maximum absolute atomic E-state index is 3.88. The maximum atomic E-state index is 3.88. The highest BCUT2D eigenvalue weighted by atomic mass is 14.0. The number of hydrogen-bond acceptors (Lipinski definition) is 0. The molecule has 0 aliphatic carbocycles. The summed E-state index contributed by atoms with van der Waals surface area (Å²) in [4.78, 5) is 0. The second-order valence-corrected chi connectivity index (χ2v) is 3.03. The molecule has 0 spiro atoms. The van der Waals surface area contributed by atoms with E-state index in [1.54, 1.807) is 0 Å². The van der Waals surface area contributed by atoms with Crippen molar-refractivity contribution in [3.8, 4) is 0 Å². The minimum absolute atomic E-state index is 1.08. The van der Waals surface area contributed by atoms with Gasteiger partial charge in [0.15, 0.2) is 0 Å². The first-order valence-corrected chi connectivity index (χ1v) is 3.76. The third-order valence-electron chi connectivity index (χ3n) is 1.61. The highest BCUT2D eigenvalue weighted by Gasteiger charge is 1.95. The summed E-state index contributed by atoms with van der Waals surface area (Å²) in [5.74, 6) is 0. The summed E-state index contributed by atoms with van der Waals surface area (Å²) in [6.07, 6.45) is 0. The van der Waals surface area contributed by atoms with Crippen molar-refractivity contribution in [1.29, 1.82) is 0 Å². The third-order valence-corrected chi connectivity index (χ3v) is 1.61. The lowest BCUT2D eigenvalue weighted by Crippen LogP contribution is -1.83. The average molecular weight is 145 g/mol. The Kier molecular flexibility index (Phi) is 2.13. The zero-order valence-electron chi connectivity index (χ0n) is 7.36. The van der Waals surface area contributed by atoms with Gasteiger partial charge in [-0.05, 0) is 38.0 Å². The van der Waals surface area contributed by atoms with E-state index in [4.69, 9.17) is 0 Å². The zero-order chi connectivity index (χ0) is 8.43. The molecule has 0 heterocycles. The first kappa shape index (κ1) is 8.06. The van der Waals surface area contributed by atoms with Gasteiger partial charge in [0.05, 0.1) is 0 Å². The van der Waals surface area contributed by atoms with Gasteiger partial charge in [-0.3, -0.25) is 0 Å². The second-order valence-electron chi connectivity index (χ2n) is 3.03. The van der Waals surface area contributed by atoms with Gasteiger partial charge in [-0.25, -0.2) is 0 Å². The van der Waals surface area contributed by atoms with Crippen LogP contribution in [0.2, 0.25) is 0 Å². The van der Waals surface area contributed by atoms with Crippen molar-refractivity contribution < 1.29 is 0 Å². The van der Waals surface area contributed by atoms with Crippen LogP contribution in [0.25, 0.3) is 5.57 Å². The SMILES string of the molecule is C=C(C)c1[c]c(C)cc(C)c1. The number of hydrogen-bond donors (Lipinski definition) is 0. The summed E-state index contributed by atoms with van der Waals surface area (Å²) >= 11 is 0. The summed E-state index contributed by atoms with van der Waals surface area (Å²) in [5.41, 5.74) is 4.67. The molecule has 0 nitrogen and oxygen atoms in total. The Balaban J connectivity index is 3.19. The van der Waals surface area contributed by atoms with E-state index in [-0.39, 0.29) is 0 Å². The minimum atomic E-state index is 1.08. The molecule has 0 N–H and O–H groups in total. The van der Waals surface area contributed by atoms with Gasteiger partial charge in [0.2, 0.25) is 0 Å². The summed E-state index contributed by atoms with van der Waals surface area (Å²) in [6, 6.07) is 7.47. The Hall–Kier alpha value is -1.04. The summed E-state index contributed by atoms with van der Waals surface area (Å²) in [7, 11) is 0. The van der Waals surface area contributed by atoms with Crippen LogP contribution in [0.1, 0.15) is 23.6 Å². The Morgan fingerprint density at radius 2 is 2.00 bits per heavy atom. The molecule has 57 valence electrons. The molecule has 0 fully saturated rings. The highest BCUT2D eigenvalue weighted by Crippen LogP contribution is 2.14. The fourth-order valence-corrected chi connectivity index (χ4v) is 1.13. The standard InChI is InChI=1S/C11H13/c1-8(2)11-6-9(3)5-10(4)7-11/h5-6H,1H2,2-4H3. The molecule has 1 aromatic carbocycles. The summed E-state index contributed by atoms with van der Waals surface area (Å²) < 4.78 is 0. The minimum Gasteiger partial charge on any atom is -0.0955 e. The number of benzene rings is 1. The largest absolute Gasteiger partial charge is 0.0955 e. The Morgan fingerprint density at radius 1 is 1.36 bits per heavy atom. The fraction of sp³-hybridized carbons (Fsp3) is 0.273. The molecular weight excluding hydrogens is 132 g/mol. The van der Waals surface area contributed by atoms with Gasteiger partial charge < -0.3 is 0 Å². The van der Waals surface area contributed by atoms with Crippen LogP contribution in [0.15, 0.2) is 18.7 Å². The summed E-state index contributed by atoms with van der Waals surface area (Å²) in [5, 5.41) is 0. The molecule has 11 heavy (non-hydrogen) atoms. The van der Waals surface area contributed by atoms with Crippen LogP contribution >= 0.6 is 0 Å². The number of allylic oxidation sites excluding steroid dienone is 1. The quantitative estimate of drug-likeness (QED) is 0.569.